The Morgan fingerprint density at radius 3 is 2.94 bits per heavy atom. The number of nitrogens with one attached hydrogen (secondary N) is 1. The molecule has 2 rings (SSSR count). The largest absolute Gasteiger partial charge is 0.497 e. The molecule has 0 unspecified atom stereocenters. The second-order valence-corrected chi connectivity index (χ2v) is 4.81. The van der Waals surface area contributed by atoms with Crippen LogP contribution in [0.2, 0.25) is 0 Å². The maximum atomic E-state index is 5.21. The quantitative estimate of drug-likeness (QED) is 0.856. The molecule has 1 heterocycles. The third-order valence-corrected chi connectivity index (χ3v) is 3.21. The van der Waals surface area contributed by atoms with Crippen LogP contribution in [-0.2, 0) is 0 Å². The van der Waals surface area contributed by atoms with Gasteiger partial charge < -0.3 is 10.1 Å². The van der Waals surface area contributed by atoms with Crippen molar-refractivity contribution in [1.82, 2.24) is 9.97 Å². The van der Waals surface area contributed by atoms with Crippen molar-refractivity contribution in [2.75, 3.05) is 19.0 Å². The molecule has 0 spiro atoms. The van der Waals surface area contributed by atoms with Crippen LogP contribution in [0.15, 0.2) is 30.5 Å². The van der Waals surface area contributed by atoms with Crippen LogP contribution in [0.1, 0.15) is 6.92 Å². The summed E-state index contributed by atoms with van der Waals surface area (Å²) >= 11 is 2.22. The van der Waals surface area contributed by atoms with Crippen LogP contribution in [0.3, 0.4) is 0 Å². The molecule has 1 aromatic heterocycles. The van der Waals surface area contributed by atoms with Crippen molar-refractivity contribution in [1.29, 1.82) is 0 Å². The first kappa shape index (κ1) is 13.1. The Balaban J connectivity index is 2.40. The fourth-order valence-electron chi connectivity index (χ4n) is 1.56. The molecule has 0 saturated heterocycles. The Bertz CT molecular complexity index is 546. The summed E-state index contributed by atoms with van der Waals surface area (Å²) in [6, 6.07) is 7.74. The van der Waals surface area contributed by atoms with Gasteiger partial charge in [-0.2, -0.15) is 0 Å². The van der Waals surface area contributed by atoms with E-state index in [-0.39, 0.29) is 0 Å². The minimum absolute atomic E-state index is 0.699. The monoisotopic (exact) mass is 355 g/mol. The van der Waals surface area contributed by atoms with Gasteiger partial charge in [0.1, 0.15) is 11.6 Å². The first-order valence-corrected chi connectivity index (χ1v) is 6.73. The summed E-state index contributed by atoms with van der Waals surface area (Å²) in [5, 5.41) is 3.22. The van der Waals surface area contributed by atoms with Crippen molar-refractivity contribution in [3.05, 3.63) is 34.0 Å². The number of rotatable bonds is 4. The standard InChI is InChI=1S/C13H14IN3O/c1-3-15-13-11(14)8-16-12(17-13)9-5-4-6-10(7-9)18-2/h4-8H,3H2,1-2H3,(H,15,16,17). The number of hydrogen-bond acceptors (Lipinski definition) is 4. The Labute approximate surface area is 120 Å². The van der Waals surface area contributed by atoms with Gasteiger partial charge in [-0.1, -0.05) is 12.1 Å². The molecule has 18 heavy (non-hydrogen) atoms. The van der Waals surface area contributed by atoms with Crippen LogP contribution in [0.4, 0.5) is 5.82 Å². The van der Waals surface area contributed by atoms with Gasteiger partial charge in [-0.15, -0.1) is 0 Å². The third-order valence-electron chi connectivity index (χ3n) is 2.42. The summed E-state index contributed by atoms with van der Waals surface area (Å²) in [5.41, 5.74) is 0.949. The van der Waals surface area contributed by atoms with Crippen LogP contribution >= 0.6 is 22.6 Å². The predicted octanol–water partition coefficient (Wildman–Crippen LogP) is 3.19. The number of ether oxygens (including phenoxy) is 1. The molecular formula is C13H14IN3O. The second-order valence-electron chi connectivity index (χ2n) is 3.65. The number of anilines is 1. The van der Waals surface area contributed by atoms with Gasteiger partial charge in [0.15, 0.2) is 5.82 Å². The maximum absolute atomic E-state index is 5.21. The van der Waals surface area contributed by atoms with Crippen molar-refractivity contribution < 1.29 is 4.74 Å². The third kappa shape index (κ3) is 2.90. The normalized spacial score (nSPS) is 10.2. The summed E-state index contributed by atoms with van der Waals surface area (Å²) in [6.45, 7) is 2.88. The number of halogens is 1. The average molecular weight is 355 g/mol. The summed E-state index contributed by atoms with van der Waals surface area (Å²) in [4.78, 5) is 8.88. The highest BCUT2D eigenvalue weighted by Crippen LogP contribution is 2.23. The summed E-state index contributed by atoms with van der Waals surface area (Å²) in [6.07, 6.45) is 1.82. The molecule has 0 bridgehead atoms. The lowest BCUT2D eigenvalue weighted by Crippen LogP contribution is -2.03. The zero-order valence-electron chi connectivity index (χ0n) is 10.3. The van der Waals surface area contributed by atoms with E-state index in [1.807, 2.05) is 37.4 Å². The summed E-state index contributed by atoms with van der Waals surface area (Å²) in [7, 11) is 1.65. The van der Waals surface area contributed by atoms with Crippen molar-refractivity contribution in [2.24, 2.45) is 0 Å². The lowest BCUT2D eigenvalue weighted by atomic mass is 10.2. The minimum Gasteiger partial charge on any atom is -0.497 e. The molecule has 0 aliphatic carbocycles. The van der Waals surface area contributed by atoms with Gasteiger partial charge in [0.25, 0.3) is 0 Å². The van der Waals surface area contributed by atoms with Crippen LogP contribution < -0.4 is 10.1 Å². The molecule has 1 N–H and O–H groups in total. The average Bonchev–Trinajstić information content (AvgIpc) is 2.41. The molecule has 2 aromatic rings. The molecule has 0 amide bonds. The zero-order valence-corrected chi connectivity index (χ0v) is 12.4. The molecule has 5 heteroatoms. The van der Waals surface area contributed by atoms with Gasteiger partial charge in [-0.3, -0.25) is 0 Å². The van der Waals surface area contributed by atoms with E-state index in [1.165, 1.54) is 0 Å². The molecule has 0 atom stereocenters. The molecule has 1 aromatic carbocycles. The van der Waals surface area contributed by atoms with E-state index in [4.69, 9.17) is 4.74 Å². The summed E-state index contributed by atoms with van der Waals surface area (Å²) < 4.78 is 6.22. The highest BCUT2D eigenvalue weighted by molar-refractivity contribution is 14.1. The minimum atomic E-state index is 0.699. The Morgan fingerprint density at radius 2 is 2.22 bits per heavy atom. The lowest BCUT2D eigenvalue weighted by Gasteiger charge is -2.08. The van der Waals surface area contributed by atoms with Gasteiger partial charge >= 0.3 is 0 Å². The van der Waals surface area contributed by atoms with Crippen LogP contribution in [0.5, 0.6) is 5.75 Å². The van der Waals surface area contributed by atoms with E-state index in [0.717, 1.165) is 27.2 Å². The first-order valence-electron chi connectivity index (χ1n) is 5.65. The van der Waals surface area contributed by atoms with E-state index in [9.17, 15) is 0 Å². The number of methoxy groups -OCH3 is 1. The number of nitrogens with zero attached hydrogens (tertiary/aromatic N) is 2. The Hall–Kier alpha value is -1.37. The highest BCUT2D eigenvalue weighted by Gasteiger charge is 2.07. The van der Waals surface area contributed by atoms with Crippen molar-refractivity contribution in [3.63, 3.8) is 0 Å². The van der Waals surface area contributed by atoms with Gasteiger partial charge in [0.2, 0.25) is 0 Å². The van der Waals surface area contributed by atoms with Gasteiger partial charge in [0, 0.05) is 18.3 Å². The van der Waals surface area contributed by atoms with E-state index in [1.54, 1.807) is 7.11 Å². The van der Waals surface area contributed by atoms with E-state index < -0.39 is 0 Å². The fraction of sp³-hybridized carbons (Fsp3) is 0.231. The highest BCUT2D eigenvalue weighted by atomic mass is 127. The van der Waals surface area contributed by atoms with Crippen molar-refractivity contribution in [2.45, 2.75) is 6.92 Å². The van der Waals surface area contributed by atoms with E-state index in [2.05, 4.69) is 37.9 Å². The number of benzene rings is 1. The fourth-order valence-corrected chi connectivity index (χ4v) is 2.01. The molecular weight excluding hydrogens is 341 g/mol. The van der Waals surface area contributed by atoms with Crippen LogP contribution in [0.25, 0.3) is 11.4 Å². The topological polar surface area (TPSA) is 47.0 Å². The molecule has 94 valence electrons. The van der Waals surface area contributed by atoms with Crippen molar-refractivity contribution in [3.8, 4) is 17.1 Å². The van der Waals surface area contributed by atoms with Crippen molar-refractivity contribution >= 4 is 28.4 Å². The van der Waals surface area contributed by atoms with E-state index >= 15 is 0 Å². The van der Waals surface area contributed by atoms with Gasteiger partial charge in [-0.05, 0) is 41.6 Å². The zero-order chi connectivity index (χ0) is 13.0. The van der Waals surface area contributed by atoms with Crippen LogP contribution in [-0.4, -0.2) is 23.6 Å². The molecule has 0 saturated carbocycles. The number of aromatic nitrogens is 2. The van der Waals surface area contributed by atoms with Gasteiger partial charge in [-0.25, -0.2) is 9.97 Å². The SMILES string of the molecule is CCNc1nc(-c2cccc(OC)c2)ncc1I. The molecule has 0 fully saturated rings. The van der Waals surface area contributed by atoms with E-state index in [0.29, 0.717) is 5.82 Å². The maximum Gasteiger partial charge on any atom is 0.161 e. The molecule has 0 aliphatic heterocycles. The predicted molar refractivity (Wildman–Crippen MR) is 80.9 cm³/mol. The number of hydrogen-bond donors (Lipinski definition) is 1. The Morgan fingerprint density at radius 1 is 1.39 bits per heavy atom. The lowest BCUT2D eigenvalue weighted by molar-refractivity contribution is 0.415. The van der Waals surface area contributed by atoms with Gasteiger partial charge in [0.05, 0.1) is 10.7 Å². The smallest absolute Gasteiger partial charge is 0.161 e. The second kappa shape index (κ2) is 5.99. The van der Waals surface area contributed by atoms with Crippen LogP contribution in [0, 0.1) is 3.57 Å². The summed E-state index contributed by atoms with van der Waals surface area (Å²) in [5.74, 6) is 2.37. The first-order chi connectivity index (χ1) is 8.74. The molecule has 0 aliphatic rings. The Kier molecular flexibility index (Phi) is 4.35. The molecule has 0 radical (unpaired) electrons. The molecule has 4 nitrogen and oxygen atoms in total.